The van der Waals surface area contributed by atoms with Crippen molar-refractivity contribution in [3.8, 4) is 17.2 Å². The molecule has 11 nitrogen and oxygen atoms in total. The number of nitrogens with zero attached hydrogens (tertiary/aromatic N) is 1. The predicted molar refractivity (Wildman–Crippen MR) is 139 cm³/mol. The van der Waals surface area contributed by atoms with E-state index in [-0.39, 0.29) is 52.3 Å². The highest BCUT2D eigenvalue weighted by Gasteiger charge is 2.56. The van der Waals surface area contributed by atoms with Gasteiger partial charge in [-0.25, -0.2) is 4.98 Å². The highest BCUT2D eigenvalue weighted by Crippen LogP contribution is 2.57. The smallest absolute Gasteiger partial charge is 0.303 e. The highest BCUT2D eigenvalue weighted by molar-refractivity contribution is 6.31. The van der Waals surface area contributed by atoms with Crippen LogP contribution in [0, 0.1) is 6.92 Å². The minimum absolute atomic E-state index is 0.0184. The number of aromatic nitrogens is 2. The van der Waals surface area contributed by atoms with Crippen LogP contribution < -0.4 is 10.1 Å². The van der Waals surface area contributed by atoms with Crippen molar-refractivity contribution in [2.75, 3.05) is 5.32 Å². The van der Waals surface area contributed by atoms with E-state index < -0.39 is 40.2 Å². The molecule has 3 aromatic rings. The van der Waals surface area contributed by atoms with Crippen molar-refractivity contribution in [3.05, 3.63) is 63.8 Å². The molecule has 200 valence electrons. The number of carbonyl (C=O) groups is 4. The number of aryl methyl sites for hydroxylation is 1. The summed E-state index contributed by atoms with van der Waals surface area (Å²) in [5.74, 6) is -3.22. The molecule has 1 atom stereocenters. The van der Waals surface area contributed by atoms with Gasteiger partial charge in [-0.1, -0.05) is 0 Å². The molecular weight excluding hydrogens is 506 g/mol. The summed E-state index contributed by atoms with van der Waals surface area (Å²) in [5.41, 5.74) is 0.173. The molecular formula is C28H25N3O8. The third-order valence-electron chi connectivity index (χ3n) is 7.20. The number of hydrogen-bond donors (Lipinski definition) is 5. The van der Waals surface area contributed by atoms with Crippen LogP contribution in [0.3, 0.4) is 0 Å². The van der Waals surface area contributed by atoms with E-state index >= 15 is 0 Å². The Balaban J connectivity index is 1.55. The summed E-state index contributed by atoms with van der Waals surface area (Å²) in [4.78, 5) is 57.7. The Kier molecular flexibility index (Phi) is 5.82. The van der Waals surface area contributed by atoms with Crippen LogP contribution in [0.25, 0.3) is 11.0 Å². The Hall–Kier alpha value is -4.93. The van der Waals surface area contributed by atoms with Crippen LogP contribution in [0.5, 0.6) is 17.2 Å². The predicted octanol–water partition coefficient (Wildman–Crippen LogP) is 3.57. The maximum atomic E-state index is 13.9. The number of aliphatic carboxylic acids is 1. The molecule has 0 bridgehead atoms. The summed E-state index contributed by atoms with van der Waals surface area (Å²) in [6, 6.07) is 5.15. The molecule has 11 heteroatoms. The van der Waals surface area contributed by atoms with E-state index in [9.17, 15) is 29.4 Å². The van der Waals surface area contributed by atoms with Gasteiger partial charge < -0.3 is 30.4 Å². The van der Waals surface area contributed by atoms with Crippen LogP contribution in [0.15, 0.2) is 41.3 Å². The molecule has 0 saturated heterocycles. The van der Waals surface area contributed by atoms with Crippen molar-refractivity contribution in [2.45, 2.75) is 46.0 Å². The minimum atomic E-state index is -1.61. The van der Waals surface area contributed by atoms with E-state index in [1.165, 1.54) is 20.8 Å². The zero-order valence-corrected chi connectivity index (χ0v) is 21.6. The number of carboxylic acid groups (broad SMARTS) is 1. The number of aromatic amines is 1. The molecule has 0 saturated carbocycles. The van der Waals surface area contributed by atoms with Crippen LogP contribution in [-0.4, -0.2) is 48.6 Å². The number of Topliss-reactive ketones (excluding diaryl/α,β-unsaturated/α-hetero) is 2. The number of imidazole rings is 1. The molecule has 1 aliphatic carbocycles. The van der Waals surface area contributed by atoms with Crippen LogP contribution in [0.1, 0.15) is 54.5 Å². The number of ether oxygens (including phenoxy) is 1. The lowest BCUT2D eigenvalue weighted by atomic mass is 9.70. The van der Waals surface area contributed by atoms with Gasteiger partial charge in [0.2, 0.25) is 0 Å². The largest absolute Gasteiger partial charge is 0.507 e. The fourth-order valence-electron chi connectivity index (χ4n) is 5.13. The maximum Gasteiger partial charge on any atom is 0.303 e. The lowest BCUT2D eigenvalue weighted by molar-refractivity contribution is -0.137. The molecule has 2 aliphatic rings. The van der Waals surface area contributed by atoms with Crippen molar-refractivity contribution < 1.29 is 39.2 Å². The van der Waals surface area contributed by atoms with Gasteiger partial charge in [-0.2, -0.15) is 0 Å². The van der Waals surface area contributed by atoms with Gasteiger partial charge in [-0.05, 0) is 45.9 Å². The van der Waals surface area contributed by atoms with Gasteiger partial charge in [0, 0.05) is 29.4 Å². The molecule has 1 aromatic heterocycles. The van der Waals surface area contributed by atoms with E-state index in [1.54, 1.807) is 25.1 Å². The molecule has 5 N–H and O–H groups in total. The number of nitrogens with one attached hydrogen (secondary N) is 2. The summed E-state index contributed by atoms with van der Waals surface area (Å²) >= 11 is 0. The number of carboxylic acids is 1. The van der Waals surface area contributed by atoms with Crippen molar-refractivity contribution in [2.24, 2.45) is 0 Å². The number of anilines is 1. The van der Waals surface area contributed by atoms with Crippen molar-refractivity contribution in [1.29, 1.82) is 0 Å². The van der Waals surface area contributed by atoms with Crippen molar-refractivity contribution in [3.63, 3.8) is 0 Å². The first-order chi connectivity index (χ1) is 18.3. The number of hydrogen-bond acceptors (Lipinski definition) is 9. The second-order valence-corrected chi connectivity index (χ2v) is 9.82. The van der Waals surface area contributed by atoms with Crippen LogP contribution in [-0.2, 0) is 26.2 Å². The zero-order valence-electron chi connectivity index (χ0n) is 21.6. The van der Waals surface area contributed by atoms with Gasteiger partial charge in [0.05, 0.1) is 28.6 Å². The summed E-state index contributed by atoms with van der Waals surface area (Å²) in [6.45, 7) is 5.72. The van der Waals surface area contributed by atoms with E-state index in [0.717, 1.165) is 6.08 Å². The first-order valence-corrected chi connectivity index (χ1v) is 12.1. The van der Waals surface area contributed by atoms with Gasteiger partial charge in [-0.15, -0.1) is 0 Å². The molecule has 1 aliphatic heterocycles. The Morgan fingerprint density at radius 3 is 2.54 bits per heavy atom. The average molecular weight is 532 g/mol. The fraction of sp³-hybridized carbons (Fsp3) is 0.250. The molecule has 0 radical (unpaired) electrons. The average Bonchev–Trinajstić information content (AvgIpc) is 3.39. The number of aromatic hydroxyl groups is 2. The fourth-order valence-corrected chi connectivity index (χ4v) is 5.13. The number of phenols is 2. The number of fused-ring (bicyclic) bond motifs is 4. The Bertz CT molecular complexity index is 1710. The minimum Gasteiger partial charge on any atom is -0.507 e. The number of rotatable bonds is 6. The number of benzene rings is 2. The summed E-state index contributed by atoms with van der Waals surface area (Å²) in [7, 11) is 0. The van der Waals surface area contributed by atoms with Gasteiger partial charge >= 0.3 is 5.97 Å². The standard InChI is InChI=1S/C28H25N3O8/c1-11-24(36)22(13(3)32)26-23(25(11)37)28(4)18(39-26)10-17(33)21(27(28)38)12(2)29-14-5-6-15-16(9-14)31-19(30-15)7-8-20(34)35/h5-6,9-10,29,36-37H,7-8H2,1-4H3,(H,30,31)(H,34,35)/t28-/m0/s1. The molecule has 0 amide bonds. The first kappa shape index (κ1) is 25.7. The normalized spacial score (nSPS) is 19.3. The maximum absolute atomic E-state index is 13.9. The number of phenolic OH excluding ortho intramolecular Hbond substituents is 2. The Labute approximate surface area is 221 Å². The summed E-state index contributed by atoms with van der Waals surface area (Å²) in [5, 5.41) is 33.4. The molecule has 39 heavy (non-hydrogen) atoms. The lowest BCUT2D eigenvalue weighted by Gasteiger charge is -2.29. The van der Waals surface area contributed by atoms with E-state index in [0.29, 0.717) is 22.5 Å². The molecule has 5 rings (SSSR count). The number of H-pyrrole nitrogens is 1. The number of ketones is 3. The van der Waals surface area contributed by atoms with Gasteiger partial charge in [0.1, 0.15) is 39.8 Å². The van der Waals surface area contributed by atoms with Gasteiger partial charge in [0.15, 0.2) is 17.3 Å². The number of carbonyl (C=O) groups excluding carboxylic acids is 3. The molecule has 2 aromatic carbocycles. The first-order valence-electron chi connectivity index (χ1n) is 12.1. The monoisotopic (exact) mass is 531 g/mol. The van der Waals surface area contributed by atoms with Gasteiger partial charge in [0.25, 0.3) is 0 Å². The lowest BCUT2D eigenvalue weighted by Crippen LogP contribution is -2.40. The Morgan fingerprint density at radius 2 is 1.87 bits per heavy atom. The summed E-state index contributed by atoms with van der Waals surface area (Å²) in [6.07, 6.45) is 1.33. The molecule has 0 fully saturated rings. The third-order valence-corrected chi connectivity index (χ3v) is 7.20. The molecule has 2 heterocycles. The molecule has 0 unspecified atom stereocenters. The second-order valence-electron chi connectivity index (χ2n) is 9.82. The third kappa shape index (κ3) is 3.85. The topological polar surface area (TPSA) is 179 Å². The quantitative estimate of drug-likeness (QED) is 0.179. The van der Waals surface area contributed by atoms with E-state index in [1.807, 2.05) is 0 Å². The van der Waals surface area contributed by atoms with E-state index in [2.05, 4.69) is 15.3 Å². The summed E-state index contributed by atoms with van der Waals surface area (Å²) < 4.78 is 5.78. The van der Waals surface area contributed by atoms with Crippen LogP contribution >= 0.6 is 0 Å². The van der Waals surface area contributed by atoms with Gasteiger partial charge in [-0.3, -0.25) is 19.2 Å². The Morgan fingerprint density at radius 1 is 1.15 bits per heavy atom. The second kappa shape index (κ2) is 8.83. The molecule has 0 spiro atoms. The number of allylic oxidation sites excluding steroid dienone is 4. The van der Waals surface area contributed by atoms with E-state index in [4.69, 9.17) is 9.84 Å². The van der Waals surface area contributed by atoms with Crippen molar-refractivity contribution in [1.82, 2.24) is 9.97 Å². The van der Waals surface area contributed by atoms with Crippen LogP contribution in [0.4, 0.5) is 5.69 Å². The zero-order chi connectivity index (χ0) is 28.4. The van der Waals surface area contributed by atoms with Crippen LogP contribution in [0.2, 0.25) is 0 Å². The highest BCUT2D eigenvalue weighted by atomic mass is 16.5. The SMILES string of the molecule is CC(=O)c1c(O)c(C)c(O)c2c1OC1=CC(=O)C(=C(C)Nc3ccc4nc(CCC(=O)O)[nH]c4c3)C(=O)[C@@]12C. The van der Waals surface area contributed by atoms with Crippen molar-refractivity contribution >= 4 is 40.0 Å².